The van der Waals surface area contributed by atoms with E-state index < -0.39 is 0 Å². The molecule has 1 radical (unpaired) electrons. The number of nitrogens with zero attached hydrogens (tertiary/aromatic N) is 1. The first-order valence-corrected chi connectivity index (χ1v) is 6.10. The van der Waals surface area contributed by atoms with Crippen LogP contribution in [0.2, 0.25) is 0 Å². The SMILES string of the molecule is Cc1[c-]c(-c2ccccc2)c2cccc(C)c2n1.[Y]. The van der Waals surface area contributed by atoms with Crippen LogP contribution < -0.4 is 0 Å². The van der Waals surface area contributed by atoms with Gasteiger partial charge < -0.3 is 0 Å². The van der Waals surface area contributed by atoms with Crippen molar-refractivity contribution in [2.45, 2.75) is 13.8 Å². The smallest absolute Gasteiger partial charge is 0.0177 e. The molecule has 0 amide bonds. The van der Waals surface area contributed by atoms with Gasteiger partial charge >= 0.3 is 0 Å². The van der Waals surface area contributed by atoms with Crippen LogP contribution in [0.5, 0.6) is 0 Å². The summed E-state index contributed by atoms with van der Waals surface area (Å²) in [6, 6.07) is 20.1. The van der Waals surface area contributed by atoms with Crippen LogP contribution >= 0.6 is 0 Å². The molecule has 19 heavy (non-hydrogen) atoms. The zero-order chi connectivity index (χ0) is 12.5. The largest absolute Gasteiger partial charge is 0.280 e. The molecular formula is C17H14NY-. The molecule has 0 unspecified atom stereocenters. The van der Waals surface area contributed by atoms with Crippen LogP contribution in [0.25, 0.3) is 22.0 Å². The van der Waals surface area contributed by atoms with Gasteiger partial charge in [0, 0.05) is 38.2 Å². The van der Waals surface area contributed by atoms with Gasteiger partial charge in [0.05, 0.1) is 0 Å². The number of para-hydroxylation sites is 1. The van der Waals surface area contributed by atoms with Crippen LogP contribution in [0.3, 0.4) is 0 Å². The van der Waals surface area contributed by atoms with Crippen LogP contribution in [-0.2, 0) is 32.7 Å². The summed E-state index contributed by atoms with van der Waals surface area (Å²) >= 11 is 0. The minimum absolute atomic E-state index is 0. The molecule has 3 rings (SSSR count). The monoisotopic (exact) mass is 321 g/mol. The number of benzene rings is 2. The molecular weight excluding hydrogens is 307 g/mol. The summed E-state index contributed by atoms with van der Waals surface area (Å²) in [5.41, 5.74) is 5.56. The predicted octanol–water partition coefficient (Wildman–Crippen LogP) is 4.32. The Labute approximate surface area is 139 Å². The number of aryl methyl sites for hydroxylation is 2. The third kappa shape index (κ3) is 2.78. The van der Waals surface area contributed by atoms with Gasteiger partial charge in [-0.25, -0.2) is 0 Å². The van der Waals surface area contributed by atoms with E-state index in [-0.39, 0.29) is 32.7 Å². The molecule has 0 saturated heterocycles. The van der Waals surface area contributed by atoms with Crippen molar-refractivity contribution in [3.8, 4) is 11.1 Å². The maximum Gasteiger partial charge on any atom is 0.0177 e. The molecule has 2 aromatic carbocycles. The van der Waals surface area contributed by atoms with Gasteiger partial charge in [-0.15, -0.1) is 29.1 Å². The third-order valence-electron chi connectivity index (χ3n) is 3.15. The van der Waals surface area contributed by atoms with Gasteiger partial charge in [0.15, 0.2) is 0 Å². The van der Waals surface area contributed by atoms with E-state index in [1.165, 1.54) is 16.5 Å². The Kier molecular flexibility index (Phi) is 4.49. The van der Waals surface area contributed by atoms with E-state index in [0.717, 1.165) is 16.8 Å². The summed E-state index contributed by atoms with van der Waals surface area (Å²) in [5, 5.41) is 1.17. The van der Waals surface area contributed by atoms with Crippen molar-refractivity contribution in [3.05, 3.63) is 65.9 Å². The molecule has 1 heterocycles. The van der Waals surface area contributed by atoms with E-state index in [1.54, 1.807) is 0 Å². The summed E-state index contributed by atoms with van der Waals surface area (Å²) in [4.78, 5) is 4.61. The van der Waals surface area contributed by atoms with E-state index in [0.29, 0.717) is 0 Å². The van der Waals surface area contributed by atoms with Gasteiger partial charge in [-0.3, -0.25) is 4.98 Å². The molecule has 0 bridgehead atoms. The fourth-order valence-corrected chi connectivity index (χ4v) is 2.29. The van der Waals surface area contributed by atoms with Crippen molar-refractivity contribution in [3.63, 3.8) is 0 Å². The Bertz CT molecular complexity index is 705. The van der Waals surface area contributed by atoms with E-state index in [9.17, 15) is 0 Å². The molecule has 0 fully saturated rings. The summed E-state index contributed by atoms with van der Waals surface area (Å²) < 4.78 is 0. The molecule has 3 aromatic rings. The van der Waals surface area contributed by atoms with Gasteiger partial charge in [0.1, 0.15) is 0 Å². The molecule has 1 aromatic heterocycles. The minimum Gasteiger partial charge on any atom is -0.280 e. The van der Waals surface area contributed by atoms with E-state index in [2.05, 4.69) is 60.4 Å². The fraction of sp³-hybridized carbons (Fsp3) is 0.118. The van der Waals surface area contributed by atoms with Crippen LogP contribution in [0.1, 0.15) is 11.3 Å². The zero-order valence-corrected chi connectivity index (χ0v) is 14.0. The van der Waals surface area contributed by atoms with Crippen molar-refractivity contribution in [1.29, 1.82) is 0 Å². The van der Waals surface area contributed by atoms with Crippen LogP contribution in [-0.4, -0.2) is 4.98 Å². The number of aromatic nitrogens is 1. The quantitative estimate of drug-likeness (QED) is 0.609. The average molecular weight is 321 g/mol. The summed E-state index contributed by atoms with van der Waals surface area (Å²) in [7, 11) is 0. The van der Waals surface area contributed by atoms with Crippen molar-refractivity contribution < 1.29 is 32.7 Å². The number of hydrogen-bond donors (Lipinski definition) is 0. The second-order valence-corrected chi connectivity index (χ2v) is 4.53. The molecule has 0 atom stereocenters. The summed E-state index contributed by atoms with van der Waals surface area (Å²) in [5.74, 6) is 0. The maximum atomic E-state index is 4.61. The minimum atomic E-state index is 0. The van der Waals surface area contributed by atoms with E-state index in [1.807, 2.05) is 13.0 Å². The first-order valence-electron chi connectivity index (χ1n) is 6.10. The van der Waals surface area contributed by atoms with Gasteiger partial charge in [0.2, 0.25) is 0 Å². The second kappa shape index (κ2) is 5.94. The van der Waals surface area contributed by atoms with Crippen molar-refractivity contribution in [2.24, 2.45) is 0 Å². The molecule has 2 heteroatoms. The fourth-order valence-electron chi connectivity index (χ4n) is 2.29. The normalized spacial score (nSPS) is 10.2. The third-order valence-corrected chi connectivity index (χ3v) is 3.15. The van der Waals surface area contributed by atoms with E-state index in [4.69, 9.17) is 0 Å². The first kappa shape index (κ1) is 14.4. The van der Waals surface area contributed by atoms with E-state index >= 15 is 0 Å². The zero-order valence-electron chi connectivity index (χ0n) is 11.1. The average Bonchev–Trinajstić information content (AvgIpc) is 2.40. The molecule has 91 valence electrons. The Hall–Kier alpha value is -1.05. The van der Waals surface area contributed by atoms with Crippen molar-refractivity contribution >= 4 is 10.9 Å². The molecule has 0 aliphatic heterocycles. The van der Waals surface area contributed by atoms with Crippen LogP contribution in [0.15, 0.2) is 48.5 Å². The molecule has 0 N–H and O–H groups in total. The van der Waals surface area contributed by atoms with Gasteiger partial charge in [0.25, 0.3) is 0 Å². The van der Waals surface area contributed by atoms with Crippen LogP contribution in [0, 0.1) is 19.9 Å². The molecule has 0 spiro atoms. The number of fused-ring (bicyclic) bond motifs is 1. The Balaban J connectivity index is 0.00000133. The maximum absolute atomic E-state index is 4.61. The molecule has 0 aliphatic carbocycles. The number of rotatable bonds is 1. The van der Waals surface area contributed by atoms with Gasteiger partial charge in [-0.1, -0.05) is 30.3 Å². The summed E-state index contributed by atoms with van der Waals surface area (Å²) in [6.45, 7) is 4.10. The van der Waals surface area contributed by atoms with Crippen LogP contribution in [0.4, 0.5) is 0 Å². The van der Waals surface area contributed by atoms with Crippen molar-refractivity contribution in [2.75, 3.05) is 0 Å². The Morgan fingerprint density at radius 2 is 1.63 bits per heavy atom. The molecule has 1 nitrogen and oxygen atoms in total. The molecule has 0 aliphatic rings. The number of hydrogen-bond acceptors (Lipinski definition) is 1. The first-order chi connectivity index (χ1) is 8.75. The van der Waals surface area contributed by atoms with Crippen molar-refractivity contribution in [1.82, 2.24) is 4.98 Å². The molecule has 0 saturated carbocycles. The Morgan fingerprint density at radius 1 is 0.895 bits per heavy atom. The second-order valence-electron chi connectivity index (χ2n) is 4.53. The van der Waals surface area contributed by atoms with Gasteiger partial charge in [-0.2, -0.15) is 11.6 Å². The topological polar surface area (TPSA) is 12.9 Å². The van der Waals surface area contributed by atoms with Gasteiger partial charge in [-0.05, 0) is 25.1 Å². The standard InChI is InChI=1S/C17H14N.Y/c1-12-7-6-10-15-16(11-13(2)18-17(12)15)14-8-4-3-5-9-14;/h3-10H,1-2H3;/q-1;. The predicted molar refractivity (Wildman–Crippen MR) is 75.5 cm³/mol. The number of pyridine rings is 1. The summed E-state index contributed by atoms with van der Waals surface area (Å²) in [6.07, 6.45) is 0. The Morgan fingerprint density at radius 3 is 2.37 bits per heavy atom.